The molecule has 1 saturated heterocycles. The zero-order valence-corrected chi connectivity index (χ0v) is 13.0. The molecule has 1 aromatic heterocycles. The van der Waals surface area contributed by atoms with Gasteiger partial charge >= 0.3 is 0 Å². The summed E-state index contributed by atoms with van der Waals surface area (Å²) in [7, 11) is 0. The first-order valence-electron chi connectivity index (χ1n) is 7.68. The molecule has 0 aliphatic carbocycles. The number of hydrogen-bond acceptors (Lipinski definition) is 6. The molecule has 2 aromatic rings. The van der Waals surface area contributed by atoms with Gasteiger partial charge in [0, 0.05) is 18.5 Å². The Morgan fingerprint density at radius 3 is 2.32 bits per heavy atom. The van der Waals surface area contributed by atoms with Crippen LogP contribution in [-0.2, 0) is 0 Å². The van der Waals surface area contributed by atoms with Gasteiger partial charge in [0.15, 0.2) is 0 Å². The highest BCUT2D eigenvalue weighted by Crippen LogP contribution is 2.37. The second-order valence-corrected chi connectivity index (χ2v) is 5.83. The van der Waals surface area contributed by atoms with Crippen LogP contribution in [0.5, 0.6) is 0 Å². The van der Waals surface area contributed by atoms with Crippen molar-refractivity contribution in [2.45, 2.75) is 38.6 Å². The number of anilines is 3. The van der Waals surface area contributed by atoms with Crippen LogP contribution in [0.15, 0.2) is 24.3 Å². The highest BCUT2D eigenvalue weighted by Gasteiger charge is 2.35. The van der Waals surface area contributed by atoms with Gasteiger partial charge in [-0.15, -0.1) is 0 Å². The van der Waals surface area contributed by atoms with Gasteiger partial charge in [0.25, 0.3) is 0 Å². The predicted molar refractivity (Wildman–Crippen MR) is 88.6 cm³/mol. The minimum absolute atomic E-state index is 0.177. The first kappa shape index (κ1) is 14.6. The lowest BCUT2D eigenvalue weighted by molar-refractivity contribution is 0.566. The van der Waals surface area contributed by atoms with E-state index in [9.17, 15) is 0 Å². The third-order valence-electron chi connectivity index (χ3n) is 4.38. The van der Waals surface area contributed by atoms with Crippen molar-refractivity contribution < 1.29 is 0 Å². The molecule has 3 rings (SSSR count). The van der Waals surface area contributed by atoms with Crippen LogP contribution in [0.3, 0.4) is 0 Å². The Morgan fingerprint density at radius 1 is 1.09 bits per heavy atom. The van der Waals surface area contributed by atoms with Gasteiger partial charge in [-0.3, -0.25) is 0 Å². The summed E-state index contributed by atoms with van der Waals surface area (Å²) in [6.07, 6.45) is 2.09. The van der Waals surface area contributed by atoms with E-state index in [4.69, 9.17) is 11.5 Å². The Bertz CT molecular complexity index is 634. The lowest BCUT2D eigenvalue weighted by Crippen LogP contribution is -2.33. The number of aromatic nitrogens is 3. The molecular weight excluding hydrogens is 276 g/mol. The van der Waals surface area contributed by atoms with Crippen LogP contribution >= 0.6 is 0 Å². The van der Waals surface area contributed by atoms with Crippen molar-refractivity contribution >= 4 is 17.8 Å². The Kier molecular flexibility index (Phi) is 3.83. The molecule has 0 spiro atoms. The van der Waals surface area contributed by atoms with E-state index in [1.54, 1.807) is 0 Å². The molecule has 2 unspecified atom stereocenters. The van der Waals surface area contributed by atoms with E-state index in [0.29, 0.717) is 17.9 Å². The van der Waals surface area contributed by atoms with Gasteiger partial charge in [-0.2, -0.15) is 15.0 Å². The van der Waals surface area contributed by atoms with Gasteiger partial charge < -0.3 is 16.4 Å². The fraction of sp³-hybridized carbons (Fsp3) is 0.438. The SMILES string of the molecule is CCC1C(c2ccc(C)cc2)CCN1c1nc(N)nc(N)n1. The van der Waals surface area contributed by atoms with E-state index in [1.807, 2.05) is 0 Å². The molecule has 1 fully saturated rings. The van der Waals surface area contributed by atoms with Crippen molar-refractivity contribution in [3.8, 4) is 0 Å². The lowest BCUT2D eigenvalue weighted by Gasteiger charge is -2.27. The second kappa shape index (κ2) is 5.79. The third kappa shape index (κ3) is 2.68. The molecule has 22 heavy (non-hydrogen) atoms. The highest BCUT2D eigenvalue weighted by molar-refractivity contribution is 5.44. The van der Waals surface area contributed by atoms with Gasteiger partial charge in [0.2, 0.25) is 17.8 Å². The number of rotatable bonds is 3. The Hall–Kier alpha value is -2.37. The maximum Gasteiger partial charge on any atom is 0.232 e. The molecule has 6 nitrogen and oxygen atoms in total. The first-order chi connectivity index (χ1) is 10.6. The molecule has 0 radical (unpaired) electrons. The fourth-order valence-electron chi connectivity index (χ4n) is 3.33. The van der Waals surface area contributed by atoms with E-state index in [0.717, 1.165) is 19.4 Å². The number of nitrogen functional groups attached to an aromatic ring is 2. The number of nitrogens with zero attached hydrogens (tertiary/aromatic N) is 4. The Morgan fingerprint density at radius 2 is 1.73 bits per heavy atom. The topological polar surface area (TPSA) is 94.0 Å². The van der Waals surface area contributed by atoms with Crippen molar-refractivity contribution in [1.29, 1.82) is 0 Å². The summed E-state index contributed by atoms with van der Waals surface area (Å²) >= 11 is 0. The summed E-state index contributed by atoms with van der Waals surface area (Å²) in [4.78, 5) is 14.6. The summed E-state index contributed by atoms with van der Waals surface area (Å²) in [5.41, 5.74) is 14.1. The summed E-state index contributed by atoms with van der Waals surface area (Å²) in [6.45, 7) is 5.20. The van der Waals surface area contributed by atoms with Crippen molar-refractivity contribution in [1.82, 2.24) is 15.0 Å². The molecule has 2 atom stereocenters. The van der Waals surface area contributed by atoms with Gasteiger partial charge in [-0.05, 0) is 25.3 Å². The molecule has 116 valence electrons. The number of nitrogens with two attached hydrogens (primary N) is 2. The molecule has 1 aliphatic rings. The molecule has 2 heterocycles. The summed E-state index contributed by atoms with van der Waals surface area (Å²) in [5, 5.41) is 0. The number of aryl methyl sites for hydroxylation is 1. The van der Waals surface area contributed by atoms with E-state index >= 15 is 0 Å². The van der Waals surface area contributed by atoms with Crippen LogP contribution in [-0.4, -0.2) is 27.5 Å². The largest absolute Gasteiger partial charge is 0.368 e. The van der Waals surface area contributed by atoms with Gasteiger partial charge in [-0.25, -0.2) is 0 Å². The average Bonchev–Trinajstić information content (AvgIpc) is 2.91. The molecule has 6 heteroatoms. The number of benzene rings is 1. The highest BCUT2D eigenvalue weighted by atomic mass is 15.3. The van der Waals surface area contributed by atoms with Crippen LogP contribution in [0.25, 0.3) is 0 Å². The molecule has 0 bridgehead atoms. The average molecular weight is 298 g/mol. The summed E-state index contributed by atoms with van der Waals surface area (Å²) in [6, 6.07) is 9.14. The van der Waals surface area contributed by atoms with E-state index in [-0.39, 0.29) is 11.9 Å². The lowest BCUT2D eigenvalue weighted by atomic mass is 9.90. The van der Waals surface area contributed by atoms with E-state index in [2.05, 4.69) is 58.0 Å². The number of hydrogen-bond donors (Lipinski definition) is 2. The molecule has 1 aromatic carbocycles. The predicted octanol–water partition coefficient (Wildman–Crippen LogP) is 2.12. The zero-order chi connectivity index (χ0) is 15.7. The van der Waals surface area contributed by atoms with Crippen molar-refractivity contribution in [3.05, 3.63) is 35.4 Å². The van der Waals surface area contributed by atoms with E-state index < -0.39 is 0 Å². The maximum atomic E-state index is 5.71. The second-order valence-electron chi connectivity index (χ2n) is 5.83. The van der Waals surface area contributed by atoms with Crippen molar-refractivity contribution in [2.75, 3.05) is 22.9 Å². The van der Waals surface area contributed by atoms with Crippen LogP contribution in [0.4, 0.5) is 17.8 Å². The molecular formula is C16H22N6. The van der Waals surface area contributed by atoms with Crippen molar-refractivity contribution in [3.63, 3.8) is 0 Å². The van der Waals surface area contributed by atoms with E-state index in [1.165, 1.54) is 11.1 Å². The molecule has 1 aliphatic heterocycles. The standard InChI is InChI=1S/C16H22N6/c1-3-13-12(11-6-4-10(2)5-7-11)8-9-22(13)16-20-14(17)19-15(18)21-16/h4-7,12-13H,3,8-9H2,1-2H3,(H4,17,18,19,20,21). The van der Waals surface area contributed by atoms with Crippen LogP contribution in [0, 0.1) is 6.92 Å². The molecule has 0 saturated carbocycles. The smallest absolute Gasteiger partial charge is 0.232 e. The molecule has 4 N–H and O–H groups in total. The summed E-state index contributed by atoms with van der Waals surface area (Å²) < 4.78 is 0. The molecule has 0 amide bonds. The van der Waals surface area contributed by atoms with Gasteiger partial charge in [0.05, 0.1) is 0 Å². The van der Waals surface area contributed by atoms with Crippen molar-refractivity contribution in [2.24, 2.45) is 0 Å². The zero-order valence-electron chi connectivity index (χ0n) is 13.0. The minimum atomic E-state index is 0.177. The van der Waals surface area contributed by atoms with Gasteiger partial charge in [-0.1, -0.05) is 36.8 Å². The Balaban J connectivity index is 1.90. The van der Waals surface area contributed by atoms with Crippen LogP contribution in [0.1, 0.15) is 36.8 Å². The quantitative estimate of drug-likeness (QED) is 0.901. The fourth-order valence-corrected chi connectivity index (χ4v) is 3.33. The van der Waals surface area contributed by atoms with Crippen LogP contribution < -0.4 is 16.4 Å². The Labute approximate surface area is 130 Å². The summed E-state index contributed by atoms with van der Waals surface area (Å²) in [5.74, 6) is 1.42. The monoisotopic (exact) mass is 298 g/mol. The minimum Gasteiger partial charge on any atom is -0.368 e. The van der Waals surface area contributed by atoms with Gasteiger partial charge in [0.1, 0.15) is 0 Å². The maximum absolute atomic E-state index is 5.71. The third-order valence-corrected chi connectivity index (χ3v) is 4.38. The normalized spacial score (nSPS) is 21.3. The van der Waals surface area contributed by atoms with Crippen LogP contribution in [0.2, 0.25) is 0 Å². The first-order valence-corrected chi connectivity index (χ1v) is 7.68.